The SMILES string of the molecule is C[C@@H]1C[C@H](C)CN(c2oc(COc3ccc(Cl)cc3Cl)nc2C#N)C1. The van der Waals surface area contributed by atoms with Gasteiger partial charge in [0.05, 0.1) is 5.02 Å². The van der Waals surface area contributed by atoms with E-state index in [4.69, 9.17) is 32.4 Å². The quantitative estimate of drug-likeness (QED) is 0.754. The molecule has 0 amide bonds. The largest absolute Gasteiger partial charge is 0.482 e. The van der Waals surface area contributed by atoms with E-state index in [1.807, 2.05) is 0 Å². The summed E-state index contributed by atoms with van der Waals surface area (Å²) in [4.78, 5) is 6.35. The maximum Gasteiger partial charge on any atom is 0.236 e. The number of halogens is 2. The molecule has 1 saturated heterocycles. The molecule has 3 rings (SSSR count). The van der Waals surface area contributed by atoms with E-state index >= 15 is 0 Å². The molecule has 25 heavy (non-hydrogen) atoms. The van der Waals surface area contributed by atoms with E-state index in [9.17, 15) is 5.26 Å². The van der Waals surface area contributed by atoms with E-state index in [0.717, 1.165) is 13.1 Å². The second-order valence-corrected chi connectivity index (χ2v) is 7.43. The number of hydrogen-bond acceptors (Lipinski definition) is 5. The van der Waals surface area contributed by atoms with E-state index < -0.39 is 0 Å². The molecular weight excluding hydrogens is 361 g/mol. The Bertz CT molecular complexity index is 790. The smallest absolute Gasteiger partial charge is 0.236 e. The van der Waals surface area contributed by atoms with E-state index in [1.54, 1.807) is 18.2 Å². The van der Waals surface area contributed by atoms with Gasteiger partial charge in [0.25, 0.3) is 0 Å². The number of nitrogens with zero attached hydrogens (tertiary/aromatic N) is 3. The minimum absolute atomic E-state index is 0.0922. The molecular formula is C18H19Cl2N3O2. The highest BCUT2D eigenvalue weighted by atomic mass is 35.5. The van der Waals surface area contributed by atoms with Gasteiger partial charge in [0.1, 0.15) is 11.8 Å². The number of piperidine rings is 1. The molecule has 132 valence electrons. The summed E-state index contributed by atoms with van der Waals surface area (Å²) in [7, 11) is 0. The molecule has 1 aliphatic rings. The summed E-state index contributed by atoms with van der Waals surface area (Å²) in [6.45, 7) is 6.22. The number of anilines is 1. The molecule has 1 aromatic carbocycles. The maximum atomic E-state index is 9.38. The van der Waals surface area contributed by atoms with Gasteiger partial charge in [-0.25, -0.2) is 0 Å². The van der Waals surface area contributed by atoms with Crippen molar-refractivity contribution in [2.24, 2.45) is 11.8 Å². The normalized spacial score (nSPS) is 20.4. The summed E-state index contributed by atoms with van der Waals surface area (Å²) in [5.41, 5.74) is 0.294. The fraction of sp³-hybridized carbons (Fsp3) is 0.444. The Kier molecular flexibility index (Phi) is 5.41. The average molecular weight is 380 g/mol. The van der Waals surface area contributed by atoms with Crippen LogP contribution in [-0.4, -0.2) is 18.1 Å². The first kappa shape index (κ1) is 17.9. The van der Waals surface area contributed by atoms with Crippen LogP contribution >= 0.6 is 23.2 Å². The van der Waals surface area contributed by atoms with Crippen LogP contribution in [-0.2, 0) is 6.61 Å². The van der Waals surface area contributed by atoms with Crippen LogP contribution in [0.3, 0.4) is 0 Å². The molecule has 2 atom stereocenters. The summed E-state index contributed by atoms with van der Waals surface area (Å²) >= 11 is 12.0. The van der Waals surface area contributed by atoms with Crippen molar-refractivity contribution in [3.05, 3.63) is 39.8 Å². The highest BCUT2D eigenvalue weighted by Crippen LogP contribution is 2.31. The van der Waals surface area contributed by atoms with Crippen molar-refractivity contribution in [1.82, 2.24) is 4.98 Å². The molecule has 7 heteroatoms. The molecule has 1 fully saturated rings. The van der Waals surface area contributed by atoms with Crippen molar-refractivity contribution >= 4 is 29.1 Å². The molecule has 2 heterocycles. The van der Waals surface area contributed by atoms with Crippen LogP contribution in [0.15, 0.2) is 22.6 Å². The predicted octanol–water partition coefficient (Wildman–Crippen LogP) is 4.91. The van der Waals surface area contributed by atoms with Gasteiger partial charge < -0.3 is 14.1 Å². The van der Waals surface area contributed by atoms with E-state index in [-0.39, 0.29) is 6.61 Å². The van der Waals surface area contributed by atoms with Gasteiger partial charge in [0.2, 0.25) is 17.5 Å². The molecule has 0 bridgehead atoms. The Morgan fingerprint density at radius 3 is 2.68 bits per heavy atom. The Hall–Kier alpha value is -1.90. The minimum atomic E-state index is 0.0922. The van der Waals surface area contributed by atoms with Crippen molar-refractivity contribution in [2.75, 3.05) is 18.0 Å². The van der Waals surface area contributed by atoms with Gasteiger partial charge in [-0.05, 0) is 36.5 Å². The molecule has 5 nitrogen and oxygen atoms in total. The predicted molar refractivity (Wildman–Crippen MR) is 97.2 cm³/mol. The van der Waals surface area contributed by atoms with Crippen molar-refractivity contribution < 1.29 is 9.15 Å². The van der Waals surface area contributed by atoms with Crippen molar-refractivity contribution in [2.45, 2.75) is 26.9 Å². The summed E-state index contributed by atoms with van der Waals surface area (Å²) in [6, 6.07) is 7.11. The topological polar surface area (TPSA) is 62.3 Å². The fourth-order valence-corrected chi connectivity index (χ4v) is 3.73. The molecule has 1 aromatic heterocycles. The Labute approximate surface area is 157 Å². The van der Waals surface area contributed by atoms with Gasteiger partial charge in [0, 0.05) is 18.1 Å². The Morgan fingerprint density at radius 1 is 1.32 bits per heavy atom. The van der Waals surface area contributed by atoms with Gasteiger partial charge >= 0.3 is 0 Å². The van der Waals surface area contributed by atoms with Crippen LogP contribution < -0.4 is 9.64 Å². The zero-order valence-corrected chi connectivity index (χ0v) is 15.6. The molecule has 0 N–H and O–H groups in total. The van der Waals surface area contributed by atoms with Crippen LogP contribution in [0.5, 0.6) is 5.75 Å². The number of hydrogen-bond donors (Lipinski definition) is 0. The maximum absolute atomic E-state index is 9.38. The molecule has 0 unspecified atom stereocenters. The van der Waals surface area contributed by atoms with Gasteiger partial charge in [-0.1, -0.05) is 37.0 Å². The van der Waals surface area contributed by atoms with Gasteiger partial charge in [-0.3, -0.25) is 0 Å². The van der Waals surface area contributed by atoms with E-state index in [1.165, 1.54) is 6.42 Å². The lowest BCUT2D eigenvalue weighted by Crippen LogP contribution is -2.38. The lowest BCUT2D eigenvalue weighted by atomic mass is 9.92. The first-order chi connectivity index (χ1) is 12.0. The zero-order valence-electron chi connectivity index (χ0n) is 14.1. The summed E-state index contributed by atoms with van der Waals surface area (Å²) in [5, 5.41) is 10.3. The highest BCUT2D eigenvalue weighted by molar-refractivity contribution is 6.35. The molecule has 0 radical (unpaired) electrons. The molecule has 0 saturated carbocycles. The van der Waals surface area contributed by atoms with Crippen LogP contribution in [0.25, 0.3) is 0 Å². The minimum Gasteiger partial charge on any atom is -0.482 e. The van der Waals surface area contributed by atoms with Crippen molar-refractivity contribution in [3.8, 4) is 11.8 Å². The molecule has 0 spiro atoms. The number of oxazole rings is 1. The van der Waals surface area contributed by atoms with Crippen LogP contribution in [0.4, 0.5) is 5.88 Å². The monoisotopic (exact) mass is 379 g/mol. The molecule has 0 aliphatic carbocycles. The Balaban J connectivity index is 1.75. The third-order valence-electron chi connectivity index (χ3n) is 4.16. The second-order valence-electron chi connectivity index (χ2n) is 6.59. The van der Waals surface area contributed by atoms with Crippen LogP contribution in [0.1, 0.15) is 31.9 Å². The summed E-state index contributed by atoms with van der Waals surface area (Å²) in [6.07, 6.45) is 1.18. The second kappa shape index (κ2) is 7.55. The van der Waals surface area contributed by atoms with E-state index in [2.05, 4.69) is 29.8 Å². The first-order valence-electron chi connectivity index (χ1n) is 8.19. The van der Waals surface area contributed by atoms with Gasteiger partial charge in [-0.15, -0.1) is 0 Å². The number of ether oxygens (including phenoxy) is 1. The zero-order chi connectivity index (χ0) is 18.0. The molecule has 2 aromatic rings. The van der Waals surface area contributed by atoms with Crippen LogP contribution in [0, 0.1) is 23.2 Å². The fourth-order valence-electron chi connectivity index (χ4n) is 3.26. The lowest BCUT2D eigenvalue weighted by molar-refractivity contribution is 0.261. The summed E-state index contributed by atoms with van der Waals surface area (Å²) in [5.74, 6) is 2.47. The van der Waals surface area contributed by atoms with Gasteiger partial charge in [0.15, 0.2) is 6.61 Å². The Morgan fingerprint density at radius 2 is 2.04 bits per heavy atom. The first-order valence-corrected chi connectivity index (χ1v) is 8.94. The summed E-state index contributed by atoms with van der Waals surface area (Å²) < 4.78 is 11.5. The number of aromatic nitrogens is 1. The number of rotatable bonds is 4. The third kappa shape index (κ3) is 4.20. The highest BCUT2D eigenvalue weighted by Gasteiger charge is 2.27. The van der Waals surface area contributed by atoms with Crippen molar-refractivity contribution in [3.63, 3.8) is 0 Å². The van der Waals surface area contributed by atoms with Gasteiger partial charge in [-0.2, -0.15) is 10.2 Å². The standard InChI is InChI=1S/C18H19Cl2N3O2/c1-11-5-12(2)9-23(8-11)18-15(7-21)22-17(25-18)10-24-16-4-3-13(19)6-14(16)20/h3-4,6,11-12H,5,8-10H2,1-2H3/t11-,12+. The van der Waals surface area contributed by atoms with E-state index in [0.29, 0.717) is 45.1 Å². The number of benzene rings is 1. The third-order valence-corrected chi connectivity index (χ3v) is 4.69. The average Bonchev–Trinajstić information content (AvgIpc) is 2.96. The lowest BCUT2D eigenvalue weighted by Gasteiger charge is -2.34. The van der Waals surface area contributed by atoms with Crippen LogP contribution in [0.2, 0.25) is 10.0 Å². The number of nitriles is 1. The van der Waals surface area contributed by atoms with Crippen molar-refractivity contribution in [1.29, 1.82) is 5.26 Å². The molecule has 1 aliphatic heterocycles.